The molecular weight excluding hydrogens is 172 g/mol. The highest BCUT2D eigenvalue weighted by Crippen LogP contribution is 2.22. The summed E-state index contributed by atoms with van der Waals surface area (Å²) in [5.41, 5.74) is 0. The van der Waals surface area contributed by atoms with Gasteiger partial charge in [-0.25, -0.2) is 0 Å². The van der Waals surface area contributed by atoms with E-state index < -0.39 is 0 Å². The second-order valence-electron chi connectivity index (χ2n) is 4.94. The van der Waals surface area contributed by atoms with Gasteiger partial charge in [-0.15, -0.1) is 0 Å². The lowest BCUT2D eigenvalue weighted by Crippen LogP contribution is -2.32. The highest BCUT2D eigenvalue weighted by atomic mass is 15.0. The van der Waals surface area contributed by atoms with Gasteiger partial charge in [-0.05, 0) is 38.1 Å². The van der Waals surface area contributed by atoms with Crippen LogP contribution in [0.25, 0.3) is 0 Å². The van der Waals surface area contributed by atoms with Crippen LogP contribution in [0.4, 0.5) is 0 Å². The summed E-state index contributed by atoms with van der Waals surface area (Å²) in [6.45, 7) is 3.58. The molecule has 2 fully saturated rings. The Morgan fingerprint density at radius 3 is 2.36 bits per heavy atom. The fourth-order valence-corrected chi connectivity index (χ4v) is 2.35. The molecule has 2 nitrogen and oxygen atoms in total. The average Bonchev–Trinajstić information content (AvgIpc) is 3.03. The Labute approximate surface area is 87.8 Å². The highest BCUT2D eigenvalue weighted by molar-refractivity contribution is 4.80. The van der Waals surface area contributed by atoms with E-state index in [1.807, 2.05) is 0 Å². The van der Waals surface area contributed by atoms with Crippen LogP contribution >= 0.6 is 0 Å². The Morgan fingerprint density at radius 2 is 1.64 bits per heavy atom. The van der Waals surface area contributed by atoms with Crippen molar-refractivity contribution in [3.63, 3.8) is 0 Å². The van der Waals surface area contributed by atoms with Gasteiger partial charge in [0.1, 0.15) is 0 Å². The molecule has 14 heavy (non-hydrogen) atoms. The van der Waals surface area contributed by atoms with Gasteiger partial charge < -0.3 is 10.6 Å². The Morgan fingerprint density at radius 1 is 0.857 bits per heavy atom. The third-order valence-electron chi connectivity index (χ3n) is 3.47. The lowest BCUT2D eigenvalue weighted by atomic mass is 9.89. The normalized spacial score (nSPS) is 24.0. The summed E-state index contributed by atoms with van der Waals surface area (Å²) in [5.74, 6) is 0.977. The number of hydrogen-bond donors (Lipinski definition) is 2. The SMILES string of the molecule is C1CCC(CNCCNC2CC2)CC1. The van der Waals surface area contributed by atoms with E-state index in [9.17, 15) is 0 Å². The first-order valence-corrected chi connectivity index (χ1v) is 6.39. The minimum Gasteiger partial charge on any atom is -0.315 e. The van der Waals surface area contributed by atoms with Crippen LogP contribution < -0.4 is 10.6 Å². The molecule has 0 radical (unpaired) electrons. The Hall–Kier alpha value is -0.0800. The average molecular weight is 196 g/mol. The van der Waals surface area contributed by atoms with Crippen molar-refractivity contribution in [1.82, 2.24) is 10.6 Å². The maximum absolute atomic E-state index is 3.58. The summed E-state index contributed by atoms with van der Waals surface area (Å²) in [6, 6.07) is 0.867. The molecule has 2 N–H and O–H groups in total. The zero-order chi connectivity index (χ0) is 9.64. The molecule has 0 atom stereocenters. The van der Waals surface area contributed by atoms with Crippen molar-refractivity contribution >= 4 is 0 Å². The van der Waals surface area contributed by atoms with Gasteiger partial charge in [0.25, 0.3) is 0 Å². The molecule has 2 aliphatic carbocycles. The second-order valence-corrected chi connectivity index (χ2v) is 4.94. The van der Waals surface area contributed by atoms with Gasteiger partial charge in [0.05, 0.1) is 0 Å². The predicted octanol–water partition coefficient (Wildman–Crippen LogP) is 1.91. The first-order chi connectivity index (χ1) is 6.95. The topological polar surface area (TPSA) is 24.1 Å². The standard InChI is InChI=1S/C12H24N2/c1-2-4-11(5-3-1)10-13-8-9-14-12-6-7-12/h11-14H,1-10H2. The molecule has 82 valence electrons. The van der Waals surface area contributed by atoms with Crippen LogP contribution in [0.1, 0.15) is 44.9 Å². The molecule has 0 aromatic carbocycles. The third kappa shape index (κ3) is 3.97. The van der Waals surface area contributed by atoms with E-state index in [1.165, 1.54) is 51.5 Å². The van der Waals surface area contributed by atoms with Crippen LogP contribution in [0.15, 0.2) is 0 Å². The third-order valence-corrected chi connectivity index (χ3v) is 3.47. The van der Waals surface area contributed by atoms with Gasteiger partial charge in [-0.2, -0.15) is 0 Å². The van der Waals surface area contributed by atoms with Crippen molar-refractivity contribution in [2.75, 3.05) is 19.6 Å². The van der Waals surface area contributed by atoms with E-state index >= 15 is 0 Å². The Kier molecular flexibility index (Phi) is 4.26. The largest absolute Gasteiger partial charge is 0.315 e. The van der Waals surface area contributed by atoms with Crippen LogP contribution in [0, 0.1) is 5.92 Å². The fourth-order valence-electron chi connectivity index (χ4n) is 2.35. The fraction of sp³-hybridized carbons (Fsp3) is 1.00. The maximum atomic E-state index is 3.58. The highest BCUT2D eigenvalue weighted by Gasteiger charge is 2.19. The van der Waals surface area contributed by atoms with E-state index in [0.717, 1.165) is 25.0 Å². The van der Waals surface area contributed by atoms with Crippen molar-refractivity contribution in [1.29, 1.82) is 0 Å². The van der Waals surface area contributed by atoms with E-state index in [-0.39, 0.29) is 0 Å². The molecule has 2 saturated carbocycles. The Bertz CT molecular complexity index is 148. The summed E-state index contributed by atoms with van der Waals surface area (Å²) < 4.78 is 0. The van der Waals surface area contributed by atoms with Crippen LogP contribution in [0.5, 0.6) is 0 Å². The maximum Gasteiger partial charge on any atom is 0.00793 e. The molecule has 2 heteroatoms. The predicted molar refractivity (Wildman–Crippen MR) is 60.5 cm³/mol. The molecule has 0 aromatic heterocycles. The molecule has 0 aliphatic heterocycles. The minimum atomic E-state index is 0.867. The van der Waals surface area contributed by atoms with E-state index in [4.69, 9.17) is 0 Å². The smallest absolute Gasteiger partial charge is 0.00793 e. The van der Waals surface area contributed by atoms with Crippen molar-refractivity contribution < 1.29 is 0 Å². The molecular formula is C12H24N2. The lowest BCUT2D eigenvalue weighted by molar-refractivity contribution is 0.342. The molecule has 0 spiro atoms. The number of hydrogen-bond acceptors (Lipinski definition) is 2. The summed E-state index contributed by atoms with van der Waals surface area (Å²) in [4.78, 5) is 0. The van der Waals surface area contributed by atoms with Gasteiger partial charge in [0, 0.05) is 19.1 Å². The van der Waals surface area contributed by atoms with Gasteiger partial charge in [-0.1, -0.05) is 19.3 Å². The molecule has 0 unspecified atom stereocenters. The van der Waals surface area contributed by atoms with E-state index in [1.54, 1.807) is 0 Å². The Balaban J connectivity index is 1.41. The molecule has 0 amide bonds. The van der Waals surface area contributed by atoms with Crippen molar-refractivity contribution in [2.45, 2.75) is 51.0 Å². The quantitative estimate of drug-likeness (QED) is 0.634. The first-order valence-electron chi connectivity index (χ1n) is 6.39. The lowest BCUT2D eigenvalue weighted by Gasteiger charge is -2.21. The van der Waals surface area contributed by atoms with Crippen molar-refractivity contribution in [3.05, 3.63) is 0 Å². The summed E-state index contributed by atoms with van der Waals surface area (Å²) in [6.07, 6.45) is 10.1. The zero-order valence-electron chi connectivity index (χ0n) is 9.23. The number of rotatable bonds is 6. The molecule has 0 aromatic rings. The zero-order valence-corrected chi connectivity index (χ0v) is 9.23. The second kappa shape index (κ2) is 5.72. The van der Waals surface area contributed by atoms with E-state index in [2.05, 4.69) is 10.6 Å². The van der Waals surface area contributed by atoms with Crippen LogP contribution in [0.3, 0.4) is 0 Å². The van der Waals surface area contributed by atoms with Gasteiger partial charge >= 0.3 is 0 Å². The summed E-state index contributed by atoms with van der Waals surface area (Å²) in [7, 11) is 0. The summed E-state index contributed by atoms with van der Waals surface area (Å²) >= 11 is 0. The summed E-state index contributed by atoms with van der Waals surface area (Å²) in [5, 5.41) is 7.11. The van der Waals surface area contributed by atoms with Crippen LogP contribution in [-0.4, -0.2) is 25.7 Å². The molecule has 2 rings (SSSR count). The monoisotopic (exact) mass is 196 g/mol. The van der Waals surface area contributed by atoms with Gasteiger partial charge in [-0.3, -0.25) is 0 Å². The molecule has 0 saturated heterocycles. The first kappa shape index (κ1) is 10.4. The van der Waals surface area contributed by atoms with Crippen LogP contribution in [-0.2, 0) is 0 Å². The molecule has 2 aliphatic rings. The number of nitrogens with one attached hydrogen (secondary N) is 2. The molecule has 0 heterocycles. The van der Waals surface area contributed by atoms with Crippen LogP contribution in [0.2, 0.25) is 0 Å². The van der Waals surface area contributed by atoms with Gasteiger partial charge in [0.2, 0.25) is 0 Å². The van der Waals surface area contributed by atoms with E-state index in [0.29, 0.717) is 0 Å². The van der Waals surface area contributed by atoms with Crippen molar-refractivity contribution in [2.24, 2.45) is 5.92 Å². The van der Waals surface area contributed by atoms with Crippen molar-refractivity contribution in [3.8, 4) is 0 Å². The molecule has 0 bridgehead atoms. The van der Waals surface area contributed by atoms with Gasteiger partial charge in [0.15, 0.2) is 0 Å². The minimum absolute atomic E-state index is 0.867.